The van der Waals surface area contributed by atoms with Crippen molar-refractivity contribution in [3.63, 3.8) is 0 Å². The molecule has 0 aromatic heterocycles. The number of aliphatic hydroxyl groups excluding tert-OH is 1. The normalized spacial score (nSPS) is 27.0. The smallest absolute Gasteiger partial charge is 0.244 e. The molecule has 3 fully saturated rings. The van der Waals surface area contributed by atoms with Crippen LogP contribution >= 0.6 is 0 Å². The first kappa shape index (κ1) is 33.4. The number of amides is 3. The number of aliphatic hydroxyl groups is 1. The fourth-order valence-corrected chi connectivity index (χ4v) is 7.35. The summed E-state index contributed by atoms with van der Waals surface area (Å²) in [7, 11) is -3.81. The average Bonchev–Trinajstić information content (AvgIpc) is 3.50. The topological polar surface area (TPSA) is 168 Å². The Kier molecular flexibility index (Phi) is 10.9. The van der Waals surface area contributed by atoms with E-state index in [9.17, 15) is 27.9 Å². The number of benzene rings is 1. The van der Waals surface area contributed by atoms with Gasteiger partial charge in [-0.1, -0.05) is 49.6 Å². The summed E-state index contributed by atoms with van der Waals surface area (Å²) in [4.78, 5) is 41.4. The predicted molar refractivity (Wildman–Crippen MR) is 162 cm³/mol. The second-order valence-corrected chi connectivity index (χ2v) is 15.8. The number of fused-ring (bicyclic) bond motifs is 1. The molecular weight excluding hydrogens is 572 g/mol. The Balaban J connectivity index is 1.57. The molecule has 4 rings (SSSR count). The molecule has 1 aliphatic carbocycles. The quantitative estimate of drug-likeness (QED) is 0.266. The molecule has 0 bridgehead atoms. The predicted octanol–water partition coefficient (Wildman–Crippen LogP) is 0.785. The number of hydrogen-bond donors (Lipinski definition) is 4. The van der Waals surface area contributed by atoms with Crippen LogP contribution in [0.15, 0.2) is 30.3 Å². The summed E-state index contributed by atoms with van der Waals surface area (Å²) >= 11 is 0. The van der Waals surface area contributed by atoms with Crippen molar-refractivity contribution in [3.8, 4) is 0 Å². The number of ether oxygens (including phenoxy) is 1. The molecule has 43 heavy (non-hydrogen) atoms. The van der Waals surface area contributed by atoms with Crippen molar-refractivity contribution in [2.75, 3.05) is 32.6 Å². The Morgan fingerprint density at radius 3 is 2.37 bits per heavy atom. The van der Waals surface area contributed by atoms with Gasteiger partial charge in [0.2, 0.25) is 17.7 Å². The van der Waals surface area contributed by atoms with Crippen LogP contribution in [-0.4, -0.2) is 97.7 Å². The van der Waals surface area contributed by atoms with Gasteiger partial charge in [-0.3, -0.25) is 19.3 Å². The molecule has 5 N–H and O–H groups in total. The third kappa shape index (κ3) is 8.14. The van der Waals surface area contributed by atoms with E-state index in [-0.39, 0.29) is 19.6 Å². The Bertz CT molecular complexity index is 1240. The molecule has 1 aromatic rings. The number of nitrogens with zero attached hydrogens (tertiary/aromatic N) is 1. The van der Waals surface area contributed by atoms with Crippen molar-refractivity contribution in [3.05, 3.63) is 35.9 Å². The van der Waals surface area contributed by atoms with Crippen LogP contribution in [0.2, 0.25) is 0 Å². The molecule has 0 radical (unpaired) electrons. The molecule has 1 saturated carbocycles. The molecule has 3 unspecified atom stereocenters. The summed E-state index contributed by atoms with van der Waals surface area (Å²) in [5.74, 6) is -1.20. The molecule has 240 valence electrons. The van der Waals surface area contributed by atoms with E-state index in [1.54, 1.807) is 0 Å². The van der Waals surface area contributed by atoms with E-state index in [1.165, 1.54) is 13.8 Å². The largest absolute Gasteiger partial charge is 0.390 e. The summed E-state index contributed by atoms with van der Waals surface area (Å²) in [6, 6.07) is 6.58. The van der Waals surface area contributed by atoms with Crippen LogP contribution in [0.1, 0.15) is 57.9 Å². The highest BCUT2D eigenvalue weighted by molar-refractivity contribution is 7.92. The van der Waals surface area contributed by atoms with Crippen molar-refractivity contribution in [2.45, 2.75) is 87.8 Å². The summed E-state index contributed by atoms with van der Waals surface area (Å²) in [6.07, 6.45) is 5.76. The van der Waals surface area contributed by atoms with Gasteiger partial charge < -0.3 is 26.2 Å². The van der Waals surface area contributed by atoms with Crippen molar-refractivity contribution >= 4 is 27.6 Å². The fourth-order valence-electron chi connectivity index (χ4n) is 6.75. The van der Waals surface area contributed by atoms with Crippen LogP contribution in [0, 0.1) is 17.8 Å². The lowest BCUT2D eigenvalue weighted by Crippen LogP contribution is -2.64. The highest BCUT2D eigenvalue weighted by Crippen LogP contribution is 2.38. The van der Waals surface area contributed by atoms with Crippen molar-refractivity contribution in [2.24, 2.45) is 23.5 Å². The first-order chi connectivity index (χ1) is 20.3. The van der Waals surface area contributed by atoms with Crippen LogP contribution in [0.5, 0.6) is 0 Å². The van der Waals surface area contributed by atoms with Gasteiger partial charge in [0, 0.05) is 26.0 Å². The summed E-state index contributed by atoms with van der Waals surface area (Å²) in [5, 5.41) is 17.2. The van der Waals surface area contributed by atoms with E-state index in [0.29, 0.717) is 37.8 Å². The molecule has 7 atom stereocenters. The zero-order valence-corrected chi connectivity index (χ0v) is 26.4. The van der Waals surface area contributed by atoms with Gasteiger partial charge in [-0.25, -0.2) is 8.42 Å². The Morgan fingerprint density at radius 1 is 1.09 bits per heavy atom. The van der Waals surface area contributed by atoms with Crippen molar-refractivity contribution < 1.29 is 32.6 Å². The second-order valence-electron chi connectivity index (χ2n) is 13.2. The molecule has 11 nitrogen and oxygen atoms in total. The fraction of sp³-hybridized carbons (Fsp3) is 0.710. The minimum Gasteiger partial charge on any atom is -0.390 e. The number of sulfone groups is 1. The maximum atomic E-state index is 13.9. The number of piperidine rings is 1. The van der Waals surface area contributed by atoms with E-state index in [0.717, 1.165) is 37.5 Å². The standard InChI is InChI=1S/C31H48N4O7S/c1-31(2,43(3,40)41)27(34-29(38)23-13-14-42-19-23)30(39)33-24(15-20-9-5-4-6-10-20)26(36)18-35-17-22-12-8-7-11-21(22)16-25(35)28(32)37/h4-6,9-10,21-27,36H,7-8,11-19H2,1-3H3,(H2,32,37)(H,33,39)(H,34,38)/t21?,22?,23?,24-,25-,26+,27+/m0/s1. The van der Waals surface area contributed by atoms with E-state index >= 15 is 0 Å². The first-order valence-corrected chi connectivity index (χ1v) is 17.3. The van der Waals surface area contributed by atoms with Gasteiger partial charge >= 0.3 is 0 Å². The highest BCUT2D eigenvalue weighted by Gasteiger charge is 2.46. The van der Waals surface area contributed by atoms with Gasteiger partial charge in [0.05, 0.1) is 35.5 Å². The number of likely N-dealkylation sites (tertiary alicyclic amines) is 1. The van der Waals surface area contributed by atoms with E-state index in [2.05, 4.69) is 10.6 Å². The zero-order chi connectivity index (χ0) is 31.4. The van der Waals surface area contributed by atoms with E-state index in [4.69, 9.17) is 10.5 Å². The van der Waals surface area contributed by atoms with Gasteiger partial charge in [0.1, 0.15) is 6.04 Å². The van der Waals surface area contributed by atoms with E-state index in [1.807, 2.05) is 35.2 Å². The van der Waals surface area contributed by atoms with Crippen LogP contribution in [0.4, 0.5) is 0 Å². The number of carbonyl (C=O) groups is 3. The number of β-amino-alcohol motifs (C(OH)–C–C–N with tert-alkyl or cyclic N) is 1. The van der Waals surface area contributed by atoms with Crippen molar-refractivity contribution in [1.29, 1.82) is 0 Å². The number of nitrogens with one attached hydrogen (secondary N) is 2. The van der Waals surface area contributed by atoms with Gasteiger partial charge in [0.15, 0.2) is 9.84 Å². The number of nitrogens with two attached hydrogens (primary N) is 1. The van der Waals surface area contributed by atoms with Gasteiger partial charge in [-0.15, -0.1) is 0 Å². The Morgan fingerprint density at radius 2 is 1.77 bits per heavy atom. The molecule has 2 aliphatic heterocycles. The third-order valence-corrected chi connectivity index (χ3v) is 12.0. The molecule has 1 aromatic carbocycles. The lowest BCUT2D eigenvalue weighted by Gasteiger charge is -2.46. The van der Waals surface area contributed by atoms with Crippen LogP contribution in [0.3, 0.4) is 0 Å². The minimum atomic E-state index is -3.81. The molecule has 2 heterocycles. The van der Waals surface area contributed by atoms with Crippen LogP contribution in [0.25, 0.3) is 0 Å². The van der Waals surface area contributed by atoms with E-state index < -0.39 is 62.5 Å². The van der Waals surface area contributed by atoms with Crippen LogP contribution < -0.4 is 16.4 Å². The molecule has 0 spiro atoms. The number of primary amides is 1. The highest BCUT2D eigenvalue weighted by atomic mass is 32.2. The molecule has 2 saturated heterocycles. The average molecular weight is 621 g/mol. The lowest BCUT2D eigenvalue weighted by atomic mass is 9.72. The maximum Gasteiger partial charge on any atom is 0.244 e. The minimum absolute atomic E-state index is 0.112. The lowest BCUT2D eigenvalue weighted by molar-refractivity contribution is -0.133. The first-order valence-electron chi connectivity index (χ1n) is 15.4. The van der Waals surface area contributed by atoms with Gasteiger partial charge in [0.25, 0.3) is 0 Å². The van der Waals surface area contributed by atoms with Crippen LogP contribution in [-0.2, 0) is 35.4 Å². The number of rotatable bonds is 12. The van der Waals surface area contributed by atoms with Gasteiger partial charge in [-0.05, 0) is 56.9 Å². The number of carbonyl (C=O) groups excluding carboxylic acids is 3. The van der Waals surface area contributed by atoms with Crippen molar-refractivity contribution in [1.82, 2.24) is 15.5 Å². The summed E-state index contributed by atoms with van der Waals surface area (Å²) in [5.41, 5.74) is 6.68. The monoisotopic (exact) mass is 620 g/mol. The zero-order valence-electron chi connectivity index (χ0n) is 25.5. The number of hydrogen-bond acceptors (Lipinski definition) is 8. The summed E-state index contributed by atoms with van der Waals surface area (Å²) in [6.45, 7) is 4.19. The van der Waals surface area contributed by atoms with Gasteiger partial charge in [-0.2, -0.15) is 0 Å². The second kappa shape index (κ2) is 14.0. The molecule has 3 aliphatic rings. The molecular formula is C31H48N4O7S. The Labute approximate surface area is 255 Å². The molecule has 3 amide bonds. The SMILES string of the molecule is CC(C)([C@H](NC(=O)C1CCOC1)C(=O)N[C@@H](Cc1ccccc1)[C@H](O)CN1CC2CCCCC2C[C@H]1C(N)=O)S(C)(=O)=O. The molecule has 12 heteroatoms. The summed E-state index contributed by atoms with van der Waals surface area (Å²) < 4.78 is 29.3. The Hall–Kier alpha value is -2.54. The maximum absolute atomic E-state index is 13.9. The third-order valence-electron chi connectivity index (χ3n) is 9.84.